The first-order valence-corrected chi connectivity index (χ1v) is 9.14. The van der Waals surface area contributed by atoms with Gasteiger partial charge in [-0.15, -0.1) is 13.2 Å². The summed E-state index contributed by atoms with van der Waals surface area (Å²) in [6, 6.07) is 7.41. The summed E-state index contributed by atoms with van der Waals surface area (Å²) in [6.45, 7) is 3.69. The Morgan fingerprint density at radius 1 is 1.29 bits per heavy atom. The highest BCUT2D eigenvalue weighted by Gasteiger charge is 2.31. The van der Waals surface area contributed by atoms with Crippen LogP contribution < -0.4 is 15.0 Å². The van der Waals surface area contributed by atoms with Gasteiger partial charge in [-0.1, -0.05) is 12.1 Å². The largest absolute Gasteiger partial charge is 0.573 e. The summed E-state index contributed by atoms with van der Waals surface area (Å²) in [5.41, 5.74) is 0.799. The Balaban J connectivity index is 1.65. The number of aromatic nitrogens is 2. The molecule has 1 saturated heterocycles. The second-order valence-electron chi connectivity index (χ2n) is 6.88. The second kappa shape index (κ2) is 8.64. The van der Waals surface area contributed by atoms with E-state index in [0.717, 1.165) is 37.3 Å². The van der Waals surface area contributed by atoms with E-state index in [1.807, 2.05) is 13.0 Å². The summed E-state index contributed by atoms with van der Waals surface area (Å²) in [5, 5.41) is 12.6. The number of alkyl halides is 3. The van der Waals surface area contributed by atoms with Crippen LogP contribution in [0.15, 0.2) is 36.7 Å². The predicted molar refractivity (Wildman–Crippen MR) is 99.2 cm³/mol. The number of halogens is 3. The molecule has 1 aliphatic rings. The van der Waals surface area contributed by atoms with Gasteiger partial charge in [-0.3, -0.25) is 0 Å². The fourth-order valence-electron chi connectivity index (χ4n) is 3.28. The molecule has 2 heterocycles. The van der Waals surface area contributed by atoms with Crippen LogP contribution in [0, 0.1) is 5.92 Å². The van der Waals surface area contributed by atoms with Crippen LogP contribution in [0.3, 0.4) is 0 Å². The average molecular weight is 396 g/mol. The van der Waals surface area contributed by atoms with E-state index in [1.54, 1.807) is 12.1 Å². The summed E-state index contributed by atoms with van der Waals surface area (Å²) in [4.78, 5) is 10.7. The zero-order valence-corrected chi connectivity index (χ0v) is 15.5. The number of ether oxygens (including phenoxy) is 1. The molecule has 0 saturated carbocycles. The van der Waals surface area contributed by atoms with Crippen LogP contribution in [0.5, 0.6) is 5.75 Å². The van der Waals surface area contributed by atoms with Crippen molar-refractivity contribution in [3.05, 3.63) is 42.2 Å². The van der Waals surface area contributed by atoms with Crippen LogP contribution in [0.1, 0.15) is 31.4 Å². The molecule has 6 nitrogen and oxygen atoms in total. The van der Waals surface area contributed by atoms with Crippen LogP contribution in [0.4, 0.5) is 24.8 Å². The van der Waals surface area contributed by atoms with Gasteiger partial charge in [0.2, 0.25) is 0 Å². The Morgan fingerprint density at radius 3 is 2.71 bits per heavy atom. The number of piperidine rings is 1. The molecule has 152 valence electrons. The van der Waals surface area contributed by atoms with E-state index in [0.29, 0.717) is 5.82 Å². The Labute approximate surface area is 161 Å². The summed E-state index contributed by atoms with van der Waals surface area (Å²) in [6.07, 6.45) is -1.21. The molecular weight excluding hydrogens is 373 g/mol. The minimum absolute atomic E-state index is 0.164. The van der Waals surface area contributed by atoms with Gasteiger partial charge in [0.25, 0.3) is 0 Å². The second-order valence-corrected chi connectivity index (χ2v) is 6.88. The van der Waals surface area contributed by atoms with Gasteiger partial charge in [0.15, 0.2) is 0 Å². The smallest absolute Gasteiger partial charge is 0.406 e. The van der Waals surface area contributed by atoms with E-state index in [4.69, 9.17) is 0 Å². The molecule has 1 aromatic carbocycles. The lowest BCUT2D eigenvalue weighted by Gasteiger charge is -2.32. The first kappa shape index (κ1) is 20.2. The van der Waals surface area contributed by atoms with Crippen LogP contribution in [-0.4, -0.2) is 41.1 Å². The van der Waals surface area contributed by atoms with Gasteiger partial charge in [0.1, 0.15) is 23.7 Å². The maximum absolute atomic E-state index is 12.3. The lowest BCUT2D eigenvalue weighted by atomic mass is 9.99. The van der Waals surface area contributed by atoms with Crippen LogP contribution in [0.25, 0.3) is 0 Å². The molecule has 0 spiro atoms. The van der Waals surface area contributed by atoms with E-state index < -0.39 is 6.36 Å². The lowest BCUT2D eigenvalue weighted by molar-refractivity contribution is -0.274. The van der Waals surface area contributed by atoms with Crippen molar-refractivity contribution in [3.8, 4) is 5.75 Å². The first-order valence-electron chi connectivity index (χ1n) is 9.14. The highest BCUT2D eigenvalue weighted by atomic mass is 19.4. The van der Waals surface area contributed by atoms with Crippen molar-refractivity contribution in [3.63, 3.8) is 0 Å². The third-order valence-corrected chi connectivity index (χ3v) is 4.73. The van der Waals surface area contributed by atoms with Crippen molar-refractivity contribution in [2.45, 2.75) is 32.2 Å². The standard InChI is InChI=1S/C19H23F3N4O2/c1-13(15-4-6-16(7-5-15)28-19(20,21)22)25-17-9-18(24-12-23-17)26-8-2-3-14(10-26)11-27/h4-7,9,12-14,27H,2-3,8,10-11H2,1H3,(H,23,24,25)/t13-,14?/m0/s1. The van der Waals surface area contributed by atoms with E-state index in [1.165, 1.54) is 18.5 Å². The monoisotopic (exact) mass is 396 g/mol. The van der Waals surface area contributed by atoms with Gasteiger partial charge in [-0.2, -0.15) is 0 Å². The molecule has 0 radical (unpaired) electrons. The first-order chi connectivity index (χ1) is 13.3. The van der Waals surface area contributed by atoms with Crippen molar-refractivity contribution < 1.29 is 23.0 Å². The molecule has 0 bridgehead atoms. The number of nitrogens with one attached hydrogen (secondary N) is 1. The van der Waals surface area contributed by atoms with Crippen LogP contribution in [0.2, 0.25) is 0 Å². The van der Waals surface area contributed by atoms with Crippen LogP contribution in [-0.2, 0) is 0 Å². The zero-order chi connectivity index (χ0) is 20.1. The number of benzene rings is 1. The summed E-state index contributed by atoms with van der Waals surface area (Å²) < 4.78 is 40.7. The molecule has 1 aromatic heterocycles. The third kappa shape index (κ3) is 5.48. The molecular formula is C19H23F3N4O2. The number of rotatable bonds is 6. The van der Waals surface area contributed by atoms with E-state index in [-0.39, 0.29) is 24.3 Å². The quantitative estimate of drug-likeness (QED) is 0.775. The van der Waals surface area contributed by atoms with Crippen molar-refractivity contribution in [2.24, 2.45) is 5.92 Å². The SMILES string of the molecule is C[C@H](Nc1cc(N2CCCC(CO)C2)ncn1)c1ccc(OC(F)(F)F)cc1. The van der Waals surface area contributed by atoms with E-state index in [9.17, 15) is 18.3 Å². The topological polar surface area (TPSA) is 70.5 Å². The number of hydrogen-bond donors (Lipinski definition) is 2. The summed E-state index contributed by atoms with van der Waals surface area (Å²) in [7, 11) is 0. The number of hydrogen-bond acceptors (Lipinski definition) is 6. The molecule has 1 fully saturated rings. The van der Waals surface area contributed by atoms with Gasteiger partial charge < -0.3 is 20.1 Å². The predicted octanol–water partition coefficient (Wildman–Crippen LogP) is 3.76. The number of nitrogens with zero attached hydrogens (tertiary/aromatic N) is 3. The Hall–Kier alpha value is -2.55. The van der Waals surface area contributed by atoms with Crippen molar-refractivity contribution in [2.75, 3.05) is 29.9 Å². The van der Waals surface area contributed by atoms with Gasteiger partial charge in [0, 0.05) is 31.8 Å². The van der Waals surface area contributed by atoms with E-state index in [2.05, 4.69) is 24.9 Å². The van der Waals surface area contributed by atoms with E-state index >= 15 is 0 Å². The summed E-state index contributed by atoms with van der Waals surface area (Å²) in [5.74, 6) is 1.41. The minimum Gasteiger partial charge on any atom is -0.406 e. The molecule has 28 heavy (non-hydrogen) atoms. The lowest BCUT2D eigenvalue weighted by Crippen LogP contribution is -2.37. The van der Waals surface area contributed by atoms with Crippen molar-refractivity contribution in [1.82, 2.24) is 9.97 Å². The van der Waals surface area contributed by atoms with Gasteiger partial charge >= 0.3 is 6.36 Å². The third-order valence-electron chi connectivity index (χ3n) is 4.73. The molecule has 0 aliphatic carbocycles. The number of aliphatic hydroxyl groups excluding tert-OH is 1. The summed E-state index contributed by atoms with van der Waals surface area (Å²) >= 11 is 0. The van der Waals surface area contributed by atoms with Crippen LogP contribution >= 0.6 is 0 Å². The highest BCUT2D eigenvalue weighted by molar-refractivity contribution is 5.50. The zero-order valence-electron chi connectivity index (χ0n) is 15.5. The molecule has 0 amide bonds. The molecule has 2 atom stereocenters. The molecule has 2 N–H and O–H groups in total. The minimum atomic E-state index is -4.70. The number of anilines is 2. The van der Waals surface area contributed by atoms with Crippen molar-refractivity contribution >= 4 is 11.6 Å². The molecule has 1 aliphatic heterocycles. The average Bonchev–Trinajstić information content (AvgIpc) is 2.67. The molecule has 1 unspecified atom stereocenters. The fourth-order valence-corrected chi connectivity index (χ4v) is 3.28. The highest BCUT2D eigenvalue weighted by Crippen LogP contribution is 2.27. The normalized spacial score (nSPS) is 18.6. The number of aliphatic hydroxyl groups is 1. The Kier molecular flexibility index (Phi) is 6.23. The maximum Gasteiger partial charge on any atom is 0.573 e. The van der Waals surface area contributed by atoms with Gasteiger partial charge in [0.05, 0.1) is 0 Å². The van der Waals surface area contributed by atoms with Gasteiger partial charge in [-0.25, -0.2) is 9.97 Å². The maximum atomic E-state index is 12.3. The van der Waals surface area contributed by atoms with Gasteiger partial charge in [-0.05, 0) is 43.4 Å². The Morgan fingerprint density at radius 2 is 2.04 bits per heavy atom. The molecule has 9 heteroatoms. The molecule has 2 aromatic rings. The molecule has 3 rings (SSSR count). The Bertz CT molecular complexity index is 771. The fraction of sp³-hybridized carbons (Fsp3) is 0.474. The van der Waals surface area contributed by atoms with Crippen molar-refractivity contribution in [1.29, 1.82) is 0 Å².